The van der Waals surface area contributed by atoms with Gasteiger partial charge in [0.1, 0.15) is 5.82 Å². The molecule has 1 heterocycles. The van der Waals surface area contributed by atoms with Crippen LogP contribution in [-0.4, -0.2) is 30.1 Å². The van der Waals surface area contributed by atoms with Crippen LogP contribution in [0.25, 0.3) is 0 Å². The predicted octanol–water partition coefficient (Wildman–Crippen LogP) is 3.05. The molecule has 0 aliphatic carbocycles. The maximum Gasteiger partial charge on any atom is 0.412 e. The Morgan fingerprint density at radius 3 is 2.48 bits per heavy atom. The van der Waals surface area contributed by atoms with Crippen molar-refractivity contribution < 1.29 is 22.4 Å². The summed E-state index contributed by atoms with van der Waals surface area (Å²) < 4.78 is 51.1. The second-order valence-electron chi connectivity index (χ2n) is 4.90. The number of amides is 1. The number of nitrogens with two attached hydrogens (primary N) is 1. The summed E-state index contributed by atoms with van der Waals surface area (Å²) in [6.45, 7) is 1.28. The number of hydrogen-bond donors (Lipinski definition) is 1. The Hall–Kier alpha value is -2.05. The molecule has 2 N–H and O–H groups in total. The van der Waals surface area contributed by atoms with Gasteiger partial charge in [0.2, 0.25) is 0 Å². The van der Waals surface area contributed by atoms with E-state index in [2.05, 4.69) is 0 Å². The van der Waals surface area contributed by atoms with Crippen LogP contribution in [0.3, 0.4) is 0 Å². The van der Waals surface area contributed by atoms with Crippen molar-refractivity contribution in [1.82, 2.24) is 4.90 Å². The molecule has 0 bridgehead atoms. The summed E-state index contributed by atoms with van der Waals surface area (Å²) in [6.07, 6.45) is -3.65. The number of halogens is 4. The molecule has 0 spiro atoms. The highest BCUT2D eigenvalue weighted by molar-refractivity contribution is 5.95. The quantitative estimate of drug-likeness (QED) is 0.492. The van der Waals surface area contributed by atoms with Gasteiger partial charge < -0.3 is 10.6 Å². The van der Waals surface area contributed by atoms with E-state index in [0.29, 0.717) is 0 Å². The van der Waals surface area contributed by atoms with E-state index in [1.807, 2.05) is 0 Å². The van der Waals surface area contributed by atoms with Gasteiger partial charge in [0.15, 0.2) is 0 Å². The van der Waals surface area contributed by atoms with Crippen LogP contribution in [0.15, 0.2) is 23.8 Å². The molecule has 3 nitrogen and oxygen atoms in total. The van der Waals surface area contributed by atoms with Crippen LogP contribution in [0.4, 0.5) is 23.2 Å². The lowest BCUT2D eigenvalue weighted by Gasteiger charge is -2.27. The Bertz CT molecular complexity index is 584. The summed E-state index contributed by atoms with van der Waals surface area (Å²) in [5, 5.41) is 0. The fourth-order valence-electron chi connectivity index (χ4n) is 2.12. The summed E-state index contributed by atoms with van der Waals surface area (Å²) in [5.74, 6) is -1.14. The number of carbonyl (C=O) groups is 1. The maximum atomic E-state index is 13.6. The Morgan fingerprint density at radius 1 is 1.33 bits per heavy atom. The van der Waals surface area contributed by atoms with Gasteiger partial charge in [-0.2, -0.15) is 13.2 Å². The van der Waals surface area contributed by atoms with E-state index >= 15 is 0 Å². The number of anilines is 1. The molecular weight excluding hydrogens is 288 g/mol. The normalized spacial score (nSPS) is 15.9. The lowest BCUT2D eigenvalue weighted by Crippen LogP contribution is -2.36. The van der Waals surface area contributed by atoms with Gasteiger partial charge >= 0.3 is 6.18 Å². The van der Waals surface area contributed by atoms with Crippen molar-refractivity contribution in [2.75, 3.05) is 18.8 Å². The number of nitrogens with zero attached hydrogens (tertiary/aromatic N) is 1. The fraction of sp³-hybridized carbons (Fsp3) is 0.357. The molecule has 21 heavy (non-hydrogen) atoms. The number of carbonyl (C=O) groups excluding carboxylic acids is 1. The molecule has 0 saturated heterocycles. The minimum atomic E-state index is -4.37. The van der Waals surface area contributed by atoms with Crippen molar-refractivity contribution >= 4 is 11.6 Å². The third-order valence-electron chi connectivity index (χ3n) is 3.49. The van der Waals surface area contributed by atoms with Gasteiger partial charge in [0.25, 0.3) is 5.91 Å². The third kappa shape index (κ3) is 3.17. The van der Waals surface area contributed by atoms with Crippen molar-refractivity contribution in [1.29, 1.82) is 0 Å². The molecule has 0 aromatic heterocycles. The summed E-state index contributed by atoms with van der Waals surface area (Å²) in [6, 6.07) is 2.39. The standard InChI is InChI=1S/C14H14F4N2O/c1-8-11(15)6-9(7-12(8)19)13(21)20-4-2-10(3-5-20)14(16,17)18/h2,6-7H,3-5,19H2,1H3. The van der Waals surface area contributed by atoms with Gasteiger partial charge in [-0.3, -0.25) is 4.79 Å². The van der Waals surface area contributed by atoms with Crippen molar-refractivity contribution in [2.45, 2.75) is 19.5 Å². The number of hydrogen-bond acceptors (Lipinski definition) is 2. The average Bonchev–Trinajstić information content (AvgIpc) is 2.42. The van der Waals surface area contributed by atoms with Crippen LogP contribution in [-0.2, 0) is 0 Å². The molecule has 1 amide bonds. The van der Waals surface area contributed by atoms with Crippen LogP contribution >= 0.6 is 0 Å². The van der Waals surface area contributed by atoms with Gasteiger partial charge in [-0.15, -0.1) is 0 Å². The monoisotopic (exact) mass is 302 g/mol. The first-order valence-corrected chi connectivity index (χ1v) is 6.31. The first-order valence-electron chi connectivity index (χ1n) is 6.31. The molecule has 0 atom stereocenters. The van der Waals surface area contributed by atoms with E-state index in [1.165, 1.54) is 17.9 Å². The van der Waals surface area contributed by atoms with E-state index in [-0.39, 0.29) is 36.3 Å². The van der Waals surface area contributed by atoms with E-state index in [1.54, 1.807) is 0 Å². The SMILES string of the molecule is Cc1c(N)cc(C(=O)N2CC=C(C(F)(F)F)CC2)cc1F. The van der Waals surface area contributed by atoms with Crippen LogP contribution in [0, 0.1) is 12.7 Å². The Labute approximate surface area is 119 Å². The molecule has 1 aliphatic rings. The zero-order valence-corrected chi connectivity index (χ0v) is 11.3. The van der Waals surface area contributed by atoms with Crippen molar-refractivity contribution in [3.05, 3.63) is 40.7 Å². The van der Waals surface area contributed by atoms with Crippen LogP contribution in [0.5, 0.6) is 0 Å². The molecule has 0 radical (unpaired) electrons. The Morgan fingerprint density at radius 2 is 2.00 bits per heavy atom. The molecule has 0 fully saturated rings. The molecule has 7 heteroatoms. The lowest BCUT2D eigenvalue weighted by molar-refractivity contribution is -0.0957. The number of alkyl halides is 3. The highest BCUT2D eigenvalue weighted by Gasteiger charge is 2.35. The summed E-state index contributed by atoms with van der Waals surface area (Å²) in [4.78, 5) is 13.4. The topological polar surface area (TPSA) is 46.3 Å². The minimum absolute atomic E-state index is 0.0412. The van der Waals surface area contributed by atoms with E-state index in [9.17, 15) is 22.4 Å². The molecule has 1 aliphatic heterocycles. The minimum Gasteiger partial charge on any atom is -0.398 e. The van der Waals surface area contributed by atoms with Gasteiger partial charge in [-0.1, -0.05) is 6.08 Å². The zero-order chi connectivity index (χ0) is 15.8. The molecule has 0 saturated carbocycles. The highest BCUT2D eigenvalue weighted by atomic mass is 19.4. The molecule has 1 aromatic carbocycles. The summed E-state index contributed by atoms with van der Waals surface area (Å²) >= 11 is 0. The van der Waals surface area contributed by atoms with Crippen molar-refractivity contribution in [3.8, 4) is 0 Å². The van der Waals surface area contributed by atoms with E-state index < -0.39 is 23.5 Å². The van der Waals surface area contributed by atoms with E-state index in [4.69, 9.17) is 5.73 Å². The maximum absolute atomic E-state index is 13.6. The average molecular weight is 302 g/mol. The molecule has 1 aromatic rings. The zero-order valence-electron chi connectivity index (χ0n) is 11.3. The van der Waals surface area contributed by atoms with Gasteiger partial charge in [0.05, 0.1) is 0 Å². The van der Waals surface area contributed by atoms with Crippen LogP contribution < -0.4 is 5.73 Å². The molecular formula is C14H14F4N2O. The third-order valence-corrected chi connectivity index (χ3v) is 3.49. The lowest BCUT2D eigenvalue weighted by atomic mass is 10.0. The van der Waals surface area contributed by atoms with Gasteiger partial charge in [0, 0.05) is 35.5 Å². The Balaban J connectivity index is 2.18. The Kier molecular flexibility index (Phi) is 3.93. The second kappa shape index (κ2) is 5.38. The first kappa shape index (κ1) is 15.3. The highest BCUT2D eigenvalue weighted by Crippen LogP contribution is 2.30. The summed E-state index contributed by atoms with van der Waals surface area (Å²) in [5.41, 5.74) is 5.38. The van der Waals surface area contributed by atoms with Gasteiger partial charge in [-0.25, -0.2) is 4.39 Å². The largest absolute Gasteiger partial charge is 0.412 e. The fourth-order valence-corrected chi connectivity index (χ4v) is 2.12. The number of rotatable bonds is 1. The smallest absolute Gasteiger partial charge is 0.398 e. The summed E-state index contributed by atoms with van der Waals surface area (Å²) in [7, 11) is 0. The first-order chi connectivity index (χ1) is 9.70. The molecule has 114 valence electrons. The predicted molar refractivity (Wildman–Crippen MR) is 70.2 cm³/mol. The van der Waals surface area contributed by atoms with Gasteiger partial charge in [-0.05, 0) is 25.5 Å². The van der Waals surface area contributed by atoms with Crippen LogP contribution in [0.2, 0.25) is 0 Å². The molecule has 2 rings (SSSR count). The molecule has 0 unspecified atom stereocenters. The number of nitrogen functional groups attached to an aromatic ring is 1. The number of benzene rings is 1. The van der Waals surface area contributed by atoms with Crippen LogP contribution in [0.1, 0.15) is 22.3 Å². The van der Waals surface area contributed by atoms with E-state index in [0.717, 1.165) is 12.1 Å². The van der Waals surface area contributed by atoms with Crippen molar-refractivity contribution in [2.24, 2.45) is 0 Å². The van der Waals surface area contributed by atoms with Crippen molar-refractivity contribution in [3.63, 3.8) is 0 Å². The second-order valence-corrected chi connectivity index (χ2v) is 4.90.